The molecular weight excluding hydrogens is 540 g/mol. The lowest BCUT2D eigenvalue weighted by Crippen LogP contribution is -2.38. The second kappa shape index (κ2) is 9.08. The van der Waals surface area contributed by atoms with Gasteiger partial charge in [0.25, 0.3) is 5.95 Å². The maximum atomic E-state index is 14.6. The fraction of sp³-hybridized carbons (Fsp3) is 0.407. The van der Waals surface area contributed by atoms with Crippen molar-refractivity contribution in [3.63, 3.8) is 0 Å². The molecule has 2 aliphatic carbocycles. The van der Waals surface area contributed by atoms with Crippen LogP contribution in [0.25, 0.3) is 17.2 Å². The van der Waals surface area contributed by atoms with Crippen LogP contribution in [0.2, 0.25) is 0 Å². The third kappa shape index (κ3) is 3.89. The van der Waals surface area contributed by atoms with Crippen molar-refractivity contribution < 1.29 is 21.9 Å². The standard InChI is InChI=1S/C27H27F2N7O3S/c1-26(2)16-8-10-27(26,23-15(16)12-19(33-34-23)22-17(28)6-5-7-18(22)29)24-20(39-3)13-30-25(32-24)36-14-31-21(35-36)9-11-40(4,37)38/h5-7,12-14,16H,8-11H2,1-4H3/t16-,27+/m0/s1. The summed E-state index contributed by atoms with van der Waals surface area (Å²) in [5.41, 5.74) is 1.03. The molecule has 4 aromatic rings. The van der Waals surface area contributed by atoms with Crippen LogP contribution in [0.4, 0.5) is 8.78 Å². The Bertz CT molecular complexity index is 1740. The number of aromatic nitrogens is 7. The summed E-state index contributed by atoms with van der Waals surface area (Å²) in [7, 11) is -1.63. The predicted molar refractivity (Wildman–Crippen MR) is 141 cm³/mol. The molecule has 0 N–H and O–H groups in total. The molecule has 0 radical (unpaired) electrons. The number of methoxy groups -OCH3 is 1. The molecule has 6 rings (SSSR count). The number of rotatable bonds is 7. The molecule has 2 aliphatic rings. The largest absolute Gasteiger partial charge is 0.493 e. The van der Waals surface area contributed by atoms with Crippen LogP contribution in [-0.4, -0.2) is 62.5 Å². The highest BCUT2D eigenvalue weighted by atomic mass is 32.2. The molecule has 1 saturated carbocycles. The number of benzene rings is 1. The molecule has 1 aromatic carbocycles. The summed E-state index contributed by atoms with van der Waals surface area (Å²) in [5, 5.41) is 13.3. The highest BCUT2D eigenvalue weighted by molar-refractivity contribution is 7.90. The minimum absolute atomic E-state index is 0.0451. The smallest absolute Gasteiger partial charge is 0.252 e. The van der Waals surface area contributed by atoms with Crippen LogP contribution in [0.15, 0.2) is 36.8 Å². The number of fused-ring (bicyclic) bond motifs is 5. The fourth-order valence-electron chi connectivity index (χ4n) is 6.42. The van der Waals surface area contributed by atoms with E-state index in [-0.39, 0.29) is 35.3 Å². The van der Waals surface area contributed by atoms with Gasteiger partial charge in [-0.2, -0.15) is 9.78 Å². The van der Waals surface area contributed by atoms with Crippen LogP contribution in [0.1, 0.15) is 55.4 Å². The van der Waals surface area contributed by atoms with E-state index in [0.717, 1.165) is 18.2 Å². The number of hydrogen-bond acceptors (Lipinski definition) is 9. The lowest BCUT2D eigenvalue weighted by Gasteiger charge is -2.38. The molecule has 10 nitrogen and oxygen atoms in total. The van der Waals surface area contributed by atoms with Crippen molar-refractivity contribution in [1.82, 2.24) is 34.9 Å². The van der Waals surface area contributed by atoms with E-state index < -0.39 is 32.3 Å². The maximum absolute atomic E-state index is 14.6. The van der Waals surface area contributed by atoms with Gasteiger partial charge in [0.15, 0.2) is 11.6 Å². The van der Waals surface area contributed by atoms with Crippen molar-refractivity contribution in [3.8, 4) is 23.0 Å². The summed E-state index contributed by atoms with van der Waals surface area (Å²) in [6, 6.07) is 5.47. The average molecular weight is 568 g/mol. The van der Waals surface area contributed by atoms with E-state index >= 15 is 0 Å². The van der Waals surface area contributed by atoms with Crippen LogP contribution in [0.3, 0.4) is 0 Å². The summed E-state index contributed by atoms with van der Waals surface area (Å²) >= 11 is 0. The van der Waals surface area contributed by atoms with Crippen LogP contribution in [-0.2, 0) is 21.7 Å². The van der Waals surface area contributed by atoms with Gasteiger partial charge in [-0.3, -0.25) is 0 Å². The number of aryl methyl sites for hydroxylation is 1. The summed E-state index contributed by atoms with van der Waals surface area (Å²) in [5.74, 6) is -0.352. The minimum Gasteiger partial charge on any atom is -0.493 e. The van der Waals surface area contributed by atoms with E-state index in [4.69, 9.17) is 9.72 Å². The molecule has 3 heterocycles. The molecule has 208 valence electrons. The SMILES string of the molecule is COc1cnc(-n2cnc(CCS(C)(=O)=O)n2)nc1[C@@]12CC[C@@H](c3cc(-c4c(F)cccc4F)nnc31)C2(C)C. The van der Waals surface area contributed by atoms with Gasteiger partial charge in [-0.25, -0.2) is 32.2 Å². The first kappa shape index (κ1) is 26.4. The zero-order chi connectivity index (χ0) is 28.4. The van der Waals surface area contributed by atoms with Gasteiger partial charge in [-0.05, 0) is 47.9 Å². The Morgan fingerprint density at radius 1 is 1.12 bits per heavy atom. The van der Waals surface area contributed by atoms with Crippen LogP contribution in [0, 0.1) is 17.0 Å². The molecule has 0 aliphatic heterocycles. The summed E-state index contributed by atoms with van der Waals surface area (Å²) in [6.07, 6.45) is 5.87. The van der Waals surface area contributed by atoms with Crippen LogP contribution < -0.4 is 4.74 Å². The zero-order valence-corrected chi connectivity index (χ0v) is 23.2. The first-order valence-electron chi connectivity index (χ1n) is 12.8. The molecule has 40 heavy (non-hydrogen) atoms. The monoisotopic (exact) mass is 567 g/mol. The van der Waals surface area contributed by atoms with Gasteiger partial charge in [0.2, 0.25) is 0 Å². The number of nitrogens with zero attached hydrogens (tertiary/aromatic N) is 7. The Kier molecular flexibility index (Phi) is 5.98. The highest BCUT2D eigenvalue weighted by Gasteiger charge is 2.66. The van der Waals surface area contributed by atoms with Gasteiger partial charge in [0.1, 0.15) is 33.5 Å². The first-order chi connectivity index (χ1) is 19.0. The molecule has 0 saturated heterocycles. The maximum Gasteiger partial charge on any atom is 0.252 e. The van der Waals surface area contributed by atoms with E-state index in [2.05, 4.69) is 39.1 Å². The summed E-state index contributed by atoms with van der Waals surface area (Å²) in [4.78, 5) is 13.5. The Morgan fingerprint density at radius 2 is 1.88 bits per heavy atom. The second-order valence-corrected chi connectivity index (χ2v) is 13.2. The quantitative estimate of drug-likeness (QED) is 0.329. The van der Waals surface area contributed by atoms with Crippen molar-refractivity contribution in [2.75, 3.05) is 19.1 Å². The summed E-state index contributed by atoms with van der Waals surface area (Å²) < 4.78 is 59.4. The Morgan fingerprint density at radius 3 is 2.58 bits per heavy atom. The Labute approximate surface area is 229 Å². The minimum atomic E-state index is -3.17. The molecule has 1 fully saturated rings. The summed E-state index contributed by atoms with van der Waals surface area (Å²) in [6.45, 7) is 4.27. The van der Waals surface area contributed by atoms with Gasteiger partial charge in [0, 0.05) is 12.7 Å². The van der Waals surface area contributed by atoms with E-state index in [9.17, 15) is 17.2 Å². The molecule has 0 unspecified atom stereocenters. The molecule has 2 atom stereocenters. The normalized spacial score (nSPS) is 21.0. The number of ether oxygens (including phenoxy) is 1. The van der Waals surface area contributed by atoms with E-state index in [1.807, 2.05) is 0 Å². The number of halogens is 2. The van der Waals surface area contributed by atoms with E-state index in [1.165, 1.54) is 29.2 Å². The van der Waals surface area contributed by atoms with Crippen molar-refractivity contribution in [1.29, 1.82) is 0 Å². The number of sulfone groups is 1. The van der Waals surface area contributed by atoms with Crippen molar-refractivity contribution >= 4 is 9.84 Å². The van der Waals surface area contributed by atoms with Crippen molar-refractivity contribution in [2.24, 2.45) is 5.41 Å². The lowest BCUT2D eigenvalue weighted by molar-refractivity contribution is 0.234. The van der Waals surface area contributed by atoms with Crippen molar-refractivity contribution in [3.05, 3.63) is 71.2 Å². The van der Waals surface area contributed by atoms with Gasteiger partial charge >= 0.3 is 0 Å². The second-order valence-electron chi connectivity index (χ2n) is 10.9. The topological polar surface area (TPSA) is 126 Å². The third-order valence-electron chi connectivity index (χ3n) is 8.41. The van der Waals surface area contributed by atoms with Gasteiger partial charge < -0.3 is 4.74 Å². The highest BCUT2D eigenvalue weighted by Crippen LogP contribution is 2.70. The Balaban J connectivity index is 1.47. The van der Waals surface area contributed by atoms with Gasteiger partial charge in [0.05, 0.1) is 41.4 Å². The third-order valence-corrected chi connectivity index (χ3v) is 9.35. The molecule has 13 heteroatoms. The van der Waals surface area contributed by atoms with Crippen molar-refractivity contribution in [2.45, 2.75) is 44.4 Å². The molecule has 2 bridgehead atoms. The molecular formula is C27H27F2N7O3S. The number of hydrogen-bond donors (Lipinski definition) is 0. The average Bonchev–Trinajstić information content (AvgIpc) is 3.54. The fourth-order valence-corrected chi connectivity index (χ4v) is 6.98. The van der Waals surface area contributed by atoms with Crippen LogP contribution >= 0.6 is 0 Å². The molecule has 0 spiro atoms. The van der Waals surface area contributed by atoms with Gasteiger partial charge in [-0.15, -0.1) is 10.2 Å². The lowest BCUT2D eigenvalue weighted by atomic mass is 9.66. The molecule has 3 aromatic heterocycles. The van der Waals surface area contributed by atoms with Crippen LogP contribution in [0.5, 0.6) is 5.75 Å². The predicted octanol–water partition coefficient (Wildman–Crippen LogP) is 3.59. The Hall–Kier alpha value is -3.87. The van der Waals surface area contributed by atoms with E-state index in [0.29, 0.717) is 29.4 Å². The molecule has 0 amide bonds. The van der Waals surface area contributed by atoms with E-state index in [1.54, 1.807) is 19.4 Å². The zero-order valence-electron chi connectivity index (χ0n) is 22.4. The van der Waals surface area contributed by atoms with Gasteiger partial charge in [-0.1, -0.05) is 19.9 Å². The first-order valence-corrected chi connectivity index (χ1v) is 14.8.